The summed E-state index contributed by atoms with van der Waals surface area (Å²) >= 11 is 0. The van der Waals surface area contributed by atoms with E-state index in [4.69, 9.17) is 10.00 Å². The number of epoxide rings is 1. The van der Waals surface area contributed by atoms with Gasteiger partial charge in [0.1, 0.15) is 18.3 Å². The summed E-state index contributed by atoms with van der Waals surface area (Å²) in [4.78, 5) is 4.01. The van der Waals surface area contributed by atoms with E-state index < -0.39 is 0 Å². The van der Waals surface area contributed by atoms with Gasteiger partial charge >= 0.3 is 0 Å². The smallest absolute Gasteiger partial charge is 0.181 e. The monoisotopic (exact) mass is 151 g/mol. The van der Waals surface area contributed by atoms with Crippen LogP contribution in [0.5, 0.6) is 0 Å². The van der Waals surface area contributed by atoms with Crippen LogP contribution in [0.25, 0.3) is 0 Å². The van der Waals surface area contributed by atoms with Crippen LogP contribution in [0.3, 0.4) is 0 Å². The molecule has 0 saturated carbocycles. The van der Waals surface area contributed by atoms with Gasteiger partial charge in [-0.25, -0.2) is 0 Å². The van der Waals surface area contributed by atoms with Gasteiger partial charge in [0.05, 0.1) is 6.10 Å². The van der Waals surface area contributed by atoms with Crippen molar-refractivity contribution in [1.82, 2.24) is 9.80 Å². The number of nitriles is 1. The normalized spacial score (nSPS) is 52.5. The first-order valence-electron chi connectivity index (χ1n) is 3.86. The molecule has 58 valence electrons. The first-order chi connectivity index (χ1) is 5.33. The standard InChI is InChI=1S/C7H9N3O/c1-9-2-4-6(11-4)5-7(9)10(5)3-8/h4-7H,2H2,1H3/t4-,5+,6+,7-,10?/m0/s1. The van der Waals surface area contributed by atoms with E-state index in [1.54, 1.807) is 0 Å². The fourth-order valence-corrected chi connectivity index (χ4v) is 2.16. The number of rotatable bonds is 0. The molecule has 0 amide bonds. The molecule has 3 heterocycles. The van der Waals surface area contributed by atoms with Crippen LogP contribution in [0.4, 0.5) is 0 Å². The summed E-state index contributed by atoms with van der Waals surface area (Å²) in [6.07, 6.45) is 3.32. The minimum Gasteiger partial charge on any atom is -0.366 e. The van der Waals surface area contributed by atoms with Crippen LogP contribution in [0.15, 0.2) is 0 Å². The van der Waals surface area contributed by atoms with Crippen molar-refractivity contribution in [2.75, 3.05) is 13.6 Å². The van der Waals surface area contributed by atoms with Crippen molar-refractivity contribution < 1.29 is 4.74 Å². The Morgan fingerprint density at radius 1 is 1.64 bits per heavy atom. The van der Waals surface area contributed by atoms with E-state index in [1.807, 2.05) is 11.9 Å². The van der Waals surface area contributed by atoms with Gasteiger partial charge in [-0.2, -0.15) is 5.26 Å². The molecule has 4 heteroatoms. The lowest BCUT2D eigenvalue weighted by atomic mass is 10.1. The Hall–Kier alpha value is -0.790. The van der Waals surface area contributed by atoms with Gasteiger partial charge < -0.3 is 4.74 Å². The second-order valence-corrected chi connectivity index (χ2v) is 3.49. The highest BCUT2D eigenvalue weighted by Crippen LogP contribution is 2.46. The zero-order valence-electron chi connectivity index (χ0n) is 6.27. The molecule has 0 aliphatic carbocycles. The minimum absolute atomic E-state index is 0.351. The number of ether oxygens (including phenoxy) is 1. The van der Waals surface area contributed by atoms with Crippen LogP contribution in [-0.4, -0.2) is 47.8 Å². The molecule has 0 aromatic carbocycles. The van der Waals surface area contributed by atoms with Crippen molar-refractivity contribution in [2.45, 2.75) is 24.4 Å². The highest BCUT2D eigenvalue weighted by molar-refractivity contribution is 5.20. The maximum Gasteiger partial charge on any atom is 0.181 e. The van der Waals surface area contributed by atoms with Crippen molar-refractivity contribution in [3.05, 3.63) is 0 Å². The summed E-state index contributed by atoms with van der Waals surface area (Å²) in [6, 6.07) is 0.378. The van der Waals surface area contributed by atoms with Crippen LogP contribution in [0.2, 0.25) is 0 Å². The number of likely N-dealkylation sites (tertiary alicyclic amines) is 1. The molecule has 4 atom stereocenters. The number of fused-ring (bicyclic) bond motifs is 3. The van der Waals surface area contributed by atoms with Crippen molar-refractivity contribution in [3.63, 3.8) is 0 Å². The van der Waals surface area contributed by atoms with Crippen LogP contribution in [0.1, 0.15) is 0 Å². The fraction of sp³-hybridized carbons (Fsp3) is 0.857. The van der Waals surface area contributed by atoms with E-state index in [9.17, 15) is 0 Å². The molecule has 3 saturated heterocycles. The van der Waals surface area contributed by atoms with Gasteiger partial charge in [0.25, 0.3) is 0 Å². The average Bonchev–Trinajstić information content (AvgIpc) is 2.77. The predicted molar refractivity (Wildman–Crippen MR) is 36.3 cm³/mol. The molecule has 0 unspecified atom stereocenters. The van der Waals surface area contributed by atoms with E-state index in [1.165, 1.54) is 0 Å². The van der Waals surface area contributed by atoms with Crippen molar-refractivity contribution in [2.24, 2.45) is 0 Å². The largest absolute Gasteiger partial charge is 0.366 e. The van der Waals surface area contributed by atoms with E-state index >= 15 is 0 Å². The van der Waals surface area contributed by atoms with Gasteiger partial charge in [-0.15, -0.1) is 0 Å². The summed E-state index contributed by atoms with van der Waals surface area (Å²) in [5, 5.41) is 8.68. The zero-order chi connectivity index (χ0) is 7.59. The van der Waals surface area contributed by atoms with Gasteiger partial charge in [-0.1, -0.05) is 0 Å². The number of nitrogens with zero attached hydrogens (tertiary/aromatic N) is 3. The zero-order valence-corrected chi connectivity index (χ0v) is 6.27. The molecule has 0 N–H and O–H groups in total. The average molecular weight is 151 g/mol. The fourth-order valence-electron chi connectivity index (χ4n) is 2.16. The van der Waals surface area contributed by atoms with Crippen molar-refractivity contribution in [3.8, 4) is 6.19 Å². The van der Waals surface area contributed by atoms with Crippen LogP contribution in [0, 0.1) is 11.5 Å². The number of hydrogen-bond donors (Lipinski definition) is 0. The molecule has 4 nitrogen and oxygen atoms in total. The Kier molecular flexibility index (Phi) is 0.803. The van der Waals surface area contributed by atoms with Gasteiger partial charge in [-0.3, -0.25) is 9.80 Å². The number of likely N-dealkylation sites (N-methyl/N-ethyl adjacent to an activating group) is 1. The molecule has 0 aromatic heterocycles. The van der Waals surface area contributed by atoms with E-state index in [0.717, 1.165) is 6.54 Å². The molecule has 0 radical (unpaired) electrons. The van der Waals surface area contributed by atoms with Gasteiger partial charge in [-0.05, 0) is 7.05 Å². The highest BCUT2D eigenvalue weighted by Gasteiger charge is 2.67. The SMILES string of the molecule is CN1C[C@@H]2O[C@H]2[C@@H]2[C@@H]1N2C#N. The molecule has 3 aliphatic heterocycles. The van der Waals surface area contributed by atoms with E-state index in [0.29, 0.717) is 24.4 Å². The molecule has 0 bridgehead atoms. The summed E-state index contributed by atoms with van der Waals surface area (Å²) in [5.74, 6) is 0. The third kappa shape index (κ3) is 0.561. The topological polar surface area (TPSA) is 42.6 Å². The van der Waals surface area contributed by atoms with Crippen LogP contribution < -0.4 is 0 Å². The third-order valence-electron chi connectivity index (χ3n) is 2.82. The molecule has 11 heavy (non-hydrogen) atoms. The van der Waals surface area contributed by atoms with Crippen molar-refractivity contribution in [1.29, 1.82) is 5.26 Å². The Morgan fingerprint density at radius 2 is 2.45 bits per heavy atom. The first kappa shape index (κ1) is 5.81. The van der Waals surface area contributed by atoms with Crippen LogP contribution in [-0.2, 0) is 4.74 Å². The molecule has 0 spiro atoms. The summed E-state index contributed by atoms with van der Waals surface area (Å²) in [7, 11) is 2.05. The van der Waals surface area contributed by atoms with E-state index in [2.05, 4.69) is 11.1 Å². The second kappa shape index (κ2) is 1.52. The van der Waals surface area contributed by atoms with E-state index in [-0.39, 0.29) is 0 Å². The maximum absolute atomic E-state index is 8.68. The molecular formula is C7H9N3O. The highest BCUT2D eigenvalue weighted by atomic mass is 16.6. The van der Waals surface area contributed by atoms with Crippen molar-refractivity contribution >= 4 is 0 Å². The summed E-state index contributed by atoms with van der Waals surface area (Å²) in [5.41, 5.74) is 0. The Labute approximate surface area is 64.9 Å². The lowest BCUT2D eigenvalue weighted by molar-refractivity contribution is 0.256. The minimum atomic E-state index is 0.351. The Balaban J connectivity index is 1.86. The summed E-state index contributed by atoms with van der Waals surface area (Å²) in [6.45, 7) is 0.990. The first-order valence-corrected chi connectivity index (χ1v) is 3.86. The molecule has 0 aromatic rings. The predicted octanol–water partition coefficient (Wildman–Crippen LogP) is -0.809. The molecule has 3 fully saturated rings. The third-order valence-corrected chi connectivity index (χ3v) is 2.82. The van der Waals surface area contributed by atoms with Crippen LogP contribution >= 0.6 is 0 Å². The lowest BCUT2D eigenvalue weighted by Crippen LogP contribution is -2.34. The second-order valence-electron chi connectivity index (χ2n) is 3.49. The molecule has 3 aliphatic rings. The number of piperidine rings is 1. The summed E-state index contributed by atoms with van der Waals surface area (Å²) < 4.78 is 5.40. The molecular weight excluding hydrogens is 142 g/mol. The van der Waals surface area contributed by atoms with Gasteiger partial charge in [0.2, 0.25) is 0 Å². The Bertz CT molecular complexity index is 245. The van der Waals surface area contributed by atoms with Gasteiger partial charge in [0.15, 0.2) is 6.19 Å². The lowest BCUT2D eigenvalue weighted by Gasteiger charge is -2.15. The maximum atomic E-state index is 8.68. The Morgan fingerprint density at radius 3 is 3.18 bits per heavy atom. The molecule has 3 rings (SSSR count). The number of hydrogen-bond acceptors (Lipinski definition) is 4. The quantitative estimate of drug-likeness (QED) is 0.335. The van der Waals surface area contributed by atoms with Gasteiger partial charge in [0, 0.05) is 6.54 Å².